The van der Waals surface area contributed by atoms with Crippen molar-refractivity contribution in [1.29, 1.82) is 0 Å². The van der Waals surface area contributed by atoms with Gasteiger partial charge in [0.15, 0.2) is 4.93 Å². The van der Waals surface area contributed by atoms with Crippen molar-refractivity contribution in [2.75, 3.05) is 0 Å². The largest absolute Gasteiger partial charge is 0.298 e. The molecule has 0 aromatic heterocycles. The Hall–Kier alpha value is -0.290. The Morgan fingerprint density at radius 2 is 2.40 bits per heavy atom. The number of carbonyl (C=O) groups excluding carboxylic acids is 1. The second-order valence-electron chi connectivity index (χ2n) is 2.25. The van der Waals surface area contributed by atoms with Crippen LogP contribution in [0.25, 0.3) is 0 Å². The normalized spacial score (nSPS) is 20.2. The summed E-state index contributed by atoms with van der Waals surface area (Å²) in [5.74, 6) is -0.187. The van der Waals surface area contributed by atoms with Crippen molar-refractivity contribution in [3.63, 3.8) is 0 Å². The van der Waals surface area contributed by atoms with E-state index in [0.717, 1.165) is 11.9 Å². The van der Waals surface area contributed by atoms with E-state index in [1.54, 1.807) is 0 Å². The van der Waals surface area contributed by atoms with Gasteiger partial charge >= 0.3 is 0 Å². The van der Waals surface area contributed by atoms with E-state index in [-0.39, 0.29) is 5.91 Å². The molecule has 5 heteroatoms. The molecule has 0 aliphatic heterocycles. The molecule has 0 radical (unpaired) electrons. The summed E-state index contributed by atoms with van der Waals surface area (Å²) >= 11 is 1.00. The summed E-state index contributed by atoms with van der Waals surface area (Å²) in [6.07, 6.45) is 1.32. The molecule has 1 fully saturated rings. The average molecular weight is 165 g/mol. The maximum atomic E-state index is 11.6. The molecule has 10 heavy (non-hydrogen) atoms. The molecule has 0 heterocycles. The van der Waals surface area contributed by atoms with Crippen LogP contribution in [0, 0.1) is 0 Å². The molecule has 0 bridgehead atoms. The molecule has 3 nitrogen and oxygen atoms in total. The molecule has 1 amide bonds. The van der Waals surface area contributed by atoms with Gasteiger partial charge in [-0.1, -0.05) is 0 Å². The van der Waals surface area contributed by atoms with Crippen molar-refractivity contribution in [2.45, 2.75) is 24.7 Å². The van der Waals surface area contributed by atoms with E-state index in [9.17, 15) is 9.32 Å². The monoisotopic (exact) mass is 165 g/mol. The molecule has 0 unspecified atom stereocenters. The fourth-order valence-corrected chi connectivity index (χ4v) is 1.13. The minimum absolute atomic E-state index is 0.187. The first-order valence-corrected chi connectivity index (χ1v) is 3.74. The Morgan fingerprint density at radius 3 is 2.70 bits per heavy atom. The number of hydrogen-bond donors (Lipinski definition) is 1. The summed E-state index contributed by atoms with van der Waals surface area (Å²) in [4.78, 5) is 13.2. The fourth-order valence-electron chi connectivity index (χ4n) is 0.462. The van der Waals surface area contributed by atoms with Gasteiger partial charge in [-0.15, -0.1) is 0 Å². The van der Waals surface area contributed by atoms with Crippen molar-refractivity contribution in [3.05, 3.63) is 0 Å². The highest BCUT2D eigenvalue weighted by Crippen LogP contribution is 2.48. The molecular formula is C5H8FNO2S. The van der Waals surface area contributed by atoms with Crippen LogP contribution in [0.3, 0.4) is 0 Å². The standard InChI is InChI=1S/C5H8FNO2S/c1-4(8)7-10-5(9-6)2-3-5/h2-3H2,1H3,(H,7,8). The average Bonchev–Trinajstić information content (AvgIpc) is 2.64. The van der Waals surface area contributed by atoms with Crippen LogP contribution in [0.2, 0.25) is 0 Å². The number of amides is 1. The molecule has 58 valence electrons. The van der Waals surface area contributed by atoms with Crippen LogP contribution in [0.15, 0.2) is 0 Å². The topological polar surface area (TPSA) is 38.3 Å². The number of halogens is 1. The van der Waals surface area contributed by atoms with E-state index in [1.807, 2.05) is 0 Å². The van der Waals surface area contributed by atoms with Crippen LogP contribution in [0.4, 0.5) is 4.53 Å². The number of rotatable bonds is 3. The predicted molar refractivity (Wildman–Crippen MR) is 35.6 cm³/mol. The summed E-state index contributed by atoms with van der Waals surface area (Å²) in [6, 6.07) is 0. The Kier molecular flexibility index (Phi) is 2.15. The molecule has 1 saturated carbocycles. The zero-order chi connectivity index (χ0) is 7.61. The van der Waals surface area contributed by atoms with E-state index in [1.165, 1.54) is 6.92 Å². The van der Waals surface area contributed by atoms with Gasteiger partial charge in [0.2, 0.25) is 5.91 Å². The van der Waals surface area contributed by atoms with Crippen LogP contribution >= 0.6 is 11.9 Å². The molecule has 0 saturated heterocycles. The van der Waals surface area contributed by atoms with Crippen LogP contribution in [-0.2, 0) is 9.74 Å². The van der Waals surface area contributed by atoms with Crippen LogP contribution in [-0.4, -0.2) is 10.8 Å². The molecular weight excluding hydrogens is 157 g/mol. The van der Waals surface area contributed by atoms with Gasteiger partial charge in [0.1, 0.15) is 0 Å². The third kappa shape index (κ3) is 1.85. The molecule has 1 aliphatic carbocycles. The number of nitrogens with one attached hydrogen (secondary N) is 1. The Bertz CT molecular complexity index is 149. The number of hydrogen-bond acceptors (Lipinski definition) is 3. The Labute approximate surface area is 62.3 Å². The summed E-state index contributed by atoms with van der Waals surface area (Å²) in [7, 11) is 0. The Balaban J connectivity index is 2.19. The molecule has 0 aromatic rings. The van der Waals surface area contributed by atoms with Gasteiger partial charge in [-0.05, 0) is 29.3 Å². The van der Waals surface area contributed by atoms with E-state index >= 15 is 0 Å². The van der Waals surface area contributed by atoms with Gasteiger partial charge < -0.3 is 0 Å². The summed E-state index contributed by atoms with van der Waals surface area (Å²) in [5, 5.41) is 0. The smallest absolute Gasteiger partial charge is 0.226 e. The SMILES string of the molecule is CC(=O)NSC1(OF)CC1. The number of carbonyl (C=O) groups is 1. The lowest BCUT2D eigenvalue weighted by molar-refractivity contribution is -0.158. The second kappa shape index (κ2) is 2.75. The maximum Gasteiger partial charge on any atom is 0.226 e. The minimum atomic E-state index is -0.758. The van der Waals surface area contributed by atoms with Gasteiger partial charge in [0, 0.05) is 6.92 Å². The molecule has 0 aromatic carbocycles. The van der Waals surface area contributed by atoms with E-state index in [4.69, 9.17) is 0 Å². The van der Waals surface area contributed by atoms with Crippen LogP contribution in [0.5, 0.6) is 0 Å². The second-order valence-corrected chi connectivity index (χ2v) is 3.40. The molecule has 1 N–H and O–H groups in total. The van der Waals surface area contributed by atoms with Gasteiger partial charge in [0.25, 0.3) is 0 Å². The lowest BCUT2D eigenvalue weighted by Gasteiger charge is -2.06. The zero-order valence-electron chi connectivity index (χ0n) is 5.52. The van der Waals surface area contributed by atoms with Gasteiger partial charge in [-0.2, -0.15) is 4.94 Å². The van der Waals surface area contributed by atoms with Gasteiger partial charge in [-0.25, -0.2) is 0 Å². The van der Waals surface area contributed by atoms with E-state index in [2.05, 4.69) is 9.66 Å². The van der Waals surface area contributed by atoms with Gasteiger partial charge in [0.05, 0.1) is 0 Å². The lowest BCUT2D eigenvalue weighted by atomic mass is 10.8. The van der Waals surface area contributed by atoms with Crippen molar-refractivity contribution in [3.8, 4) is 0 Å². The molecule has 1 rings (SSSR count). The molecule has 0 atom stereocenters. The maximum absolute atomic E-state index is 11.6. The highest BCUT2D eigenvalue weighted by Gasteiger charge is 2.47. The van der Waals surface area contributed by atoms with E-state index in [0.29, 0.717) is 12.8 Å². The lowest BCUT2D eigenvalue weighted by Crippen LogP contribution is -2.17. The van der Waals surface area contributed by atoms with E-state index < -0.39 is 4.93 Å². The predicted octanol–water partition coefficient (Wildman–Crippen LogP) is 1.16. The first kappa shape index (κ1) is 7.81. The third-order valence-corrected chi connectivity index (χ3v) is 2.41. The summed E-state index contributed by atoms with van der Waals surface area (Å²) < 4.78 is 14.0. The highest BCUT2D eigenvalue weighted by atomic mass is 32.2. The quantitative estimate of drug-likeness (QED) is 0.503. The van der Waals surface area contributed by atoms with Crippen molar-refractivity contribution in [1.82, 2.24) is 4.72 Å². The third-order valence-electron chi connectivity index (χ3n) is 1.18. The summed E-state index contributed by atoms with van der Waals surface area (Å²) in [6.45, 7) is 1.38. The van der Waals surface area contributed by atoms with Crippen LogP contribution in [0.1, 0.15) is 19.8 Å². The molecule has 0 spiro atoms. The van der Waals surface area contributed by atoms with Gasteiger partial charge in [-0.3, -0.25) is 9.52 Å². The first-order valence-electron chi connectivity index (χ1n) is 2.93. The fraction of sp³-hybridized carbons (Fsp3) is 0.800. The van der Waals surface area contributed by atoms with Crippen molar-refractivity contribution < 1.29 is 14.3 Å². The minimum Gasteiger partial charge on any atom is -0.298 e. The Morgan fingerprint density at radius 1 is 1.80 bits per heavy atom. The highest BCUT2D eigenvalue weighted by molar-refractivity contribution is 7.99. The first-order chi connectivity index (χ1) is 4.68. The molecule has 1 aliphatic rings. The van der Waals surface area contributed by atoms with Crippen molar-refractivity contribution >= 4 is 17.9 Å². The van der Waals surface area contributed by atoms with Crippen LogP contribution < -0.4 is 4.72 Å². The summed E-state index contributed by atoms with van der Waals surface area (Å²) in [5.41, 5.74) is 0. The zero-order valence-corrected chi connectivity index (χ0v) is 6.33. The van der Waals surface area contributed by atoms with Crippen molar-refractivity contribution in [2.24, 2.45) is 0 Å².